The van der Waals surface area contributed by atoms with Gasteiger partial charge in [0.2, 0.25) is 0 Å². The Bertz CT molecular complexity index is 870. The van der Waals surface area contributed by atoms with Gasteiger partial charge in [0.05, 0.1) is 20.3 Å². The van der Waals surface area contributed by atoms with Gasteiger partial charge in [-0.05, 0) is 74.6 Å². The van der Waals surface area contributed by atoms with Crippen LogP contribution in [0.5, 0.6) is 11.5 Å². The molecular weight excluding hydrogens is 402 g/mol. The van der Waals surface area contributed by atoms with Crippen molar-refractivity contribution in [1.29, 1.82) is 0 Å². The lowest BCUT2D eigenvalue weighted by atomic mass is 9.68. The zero-order valence-electron chi connectivity index (χ0n) is 19.5. The monoisotopic (exact) mass is 439 g/mol. The van der Waals surface area contributed by atoms with Crippen molar-refractivity contribution in [3.8, 4) is 11.5 Å². The van der Waals surface area contributed by atoms with Crippen molar-refractivity contribution in [2.24, 2.45) is 11.8 Å². The Morgan fingerprint density at radius 1 is 1.12 bits per heavy atom. The van der Waals surface area contributed by atoms with Crippen molar-refractivity contribution in [3.63, 3.8) is 0 Å². The number of hydrogen-bond donors (Lipinski definition) is 1. The van der Waals surface area contributed by atoms with E-state index in [0.29, 0.717) is 24.4 Å². The largest absolute Gasteiger partial charge is 0.493 e. The number of piperidine rings is 3. The number of hydrogen-bond acceptors (Lipinski definition) is 4. The molecular formula is C26H37N3O3. The highest BCUT2D eigenvalue weighted by atomic mass is 16.5. The molecule has 0 spiro atoms. The summed E-state index contributed by atoms with van der Waals surface area (Å²) in [5.41, 5.74) is 2.67. The van der Waals surface area contributed by atoms with E-state index in [2.05, 4.69) is 21.2 Å². The average Bonchev–Trinajstić information content (AvgIpc) is 2.83. The third-order valence-electron chi connectivity index (χ3n) is 8.06. The van der Waals surface area contributed by atoms with Gasteiger partial charge in [0.15, 0.2) is 11.5 Å². The second-order valence-electron chi connectivity index (χ2n) is 9.87. The number of carbonyl (C=O) groups is 1. The maximum atomic E-state index is 13.2. The molecule has 3 saturated heterocycles. The highest BCUT2D eigenvalue weighted by Gasteiger charge is 2.46. The molecule has 4 aliphatic rings. The van der Waals surface area contributed by atoms with Crippen LogP contribution in [0.25, 0.3) is 0 Å². The second kappa shape index (κ2) is 9.34. The third-order valence-corrected chi connectivity index (χ3v) is 8.06. The molecule has 6 heteroatoms. The number of amides is 2. The molecule has 3 heterocycles. The zero-order valence-corrected chi connectivity index (χ0v) is 19.5. The highest BCUT2D eigenvalue weighted by molar-refractivity contribution is 5.75. The van der Waals surface area contributed by atoms with Gasteiger partial charge >= 0.3 is 6.03 Å². The van der Waals surface area contributed by atoms with E-state index in [4.69, 9.17) is 9.47 Å². The van der Waals surface area contributed by atoms with Gasteiger partial charge in [-0.25, -0.2) is 4.79 Å². The van der Waals surface area contributed by atoms with Crippen LogP contribution >= 0.6 is 0 Å². The molecule has 1 aromatic rings. The summed E-state index contributed by atoms with van der Waals surface area (Å²) in [7, 11) is 3.29. The summed E-state index contributed by atoms with van der Waals surface area (Å²) < 4.78 is 10.7. The molecule has 3 fully saturated rings. The highest BCUT2D eigenvalue weighted by Crippen LogP contribution is 2.45. The smallest absolute Gasteiger partial charge is 0.317 e. The first kappa shape index (κ1) is 21.6. The molecule has 32 heavy (non-hydrogen) atoms. The number of likely N-dealkylation sites (tertiary alicyclic amines) is 1. The average molecular weight is 440 g/mol. The Balaban J connectivity index is 1.23. The molecule has 1 aromatic carbocycles. The van der Waals surface area contributed by atoms with E-state index in [0.717, 1.165) is 42.5 Å². The van der Waals surface area contributed by atoms with Crippen LogP contribution in [0.3, 0.4) is 0 Å². The summed E-state index contributed by atoms with van der Waals surface area (Å²) >= 11 is 0. The van der Waals surface area contributed by atoms with Crippen LogP contribution in [-0.2, 0) is 6.42 Å². The van der Waals surface area contributed by atoms with Crippen LogP contribution in [0, 0.1) is 11.8 Å². The number of carbonyl (C=O) groups excluding carboxylic acids is 1. The van der Waals surface area contributed by atoms with Gasteiger partial charge in [0, 0.05) is 25.7 Å². The molecule has 1 aliphatic carbocycles. The number of benzene rings is 1. The van der Waals surface area contributed by atoms with Gasteiger partial charge in [-0.15, -0.1) is 0 Å². The summed E-state index contributed by atoms with van der Waals surface area (Å²) in [5.74, 6) is 2.75. The summed E-state index contributed by atoms with van der Waals surface area (Å²) in [6.07, 6.45) is 10.9. The van der Waals surface area contributed by atoms with Gasteiger partial charge in [-0.3, -0.25) is 4.90 Å². The van der Waals surface area contributed by atoms with E-state index in [1.807, 2.05) is 18.2 Å². The molecule has 5 rings (SSSR count). The number of urea groups is 1. The van der Waals surface area contributed by atoms with Gasteiger partial charge in [0.1, 0.15) is 0 Å². The Morgan fingerprint density at radius 2 is 2.00 bits per heavy atom. The maximum absolute atomic E-state index is 13.2. The SMILES string of the molecule is COc1ccc(CCNC(=O)N2CCCC3=C[C@H]4C[C@@H](CN5CCCC[C@H]45)[C@H]32)cc1OC. The Kier molecular flexibility index (Phi) is 6.31. The number of methoxy groups -OCH3 is 2. The van der Waals surface area contributed by atoms with Crippen LogP contribution < -0.4 is 14.8 Å². The van der Waals surface area contributed by atoms with Crippen LogP contribution in [0.2, 0.25) is 0 Å². The van der Waals surface area contributed by atoms with Crippen LogP contribution in [0.1, 0.15) is 44.1 Å². The maximum Gasteiger partial charge on any atom is 0.317 e. The normalized spacial score (nSPS) is 29.4. The summed E-state index contributed by atoms with van der Waals surface area (Å²) in [4.78, 5) is 18.1. The van der Waals surface area contributed by atoms with E-state index < -0.39 is 0 Å². The summed E-state index contributed by atoms with van der Waals surface area (Å²) in [6, 6.07) is 7.09. The predicted molar refractivity (Wildman–Crippen MR) is 125 cm³/mol. The quantitative estimate of drug-likeness (QED) is 0.708. The van der Waals surface area contributed by atoms with Crippen LogP contribution in [0.15, 0.2) is 29.8 Å². The fraction of sp³-hybridized carbons (Fsp3) is 0.654. The Morgan fingerprint density at radius 3 is 2.84 bits per heavy atom. The Hall–Kier alpha value is -2.21. The minimum Gasteiger partial charge on any atom is -0.493 e. The fourth-order valence-electron chi connectivity index (χ4n) is 6.65. The minimum atomic E-state index is 0.0975. The first-order valence-corrected chi connectivity index (χ1v) is 12.4. The zero-order chi connectivity index (χ0) is 22.1. The third kappa shape index (κ3) is 4.09. The number of nitrogens with zero attached hydrogens (tertiary/aromatic N) is 2. The lowest BCUT2D eigenvalue weighted by molar-refractivity contribution is 0.00793. The van der Waals surface area contributed by atoms with Crippen molar-refractivity contribution >= 4 is 6.03 Å². The molecule has 0 aromatic heterocycles. The molecule has 0 unspecified atom stereocenters. The van der Waals surface area contributed by atoms with Crippen molar-refractivity contribution in [1.82, 2.24) is 15.1 Å². The standard InChI is InChI=1S/C26H37N3O3/c1-31-23-9-8-18(14-24(23)32-2)10-11-27-26(30)29-13-5-6-19-15-20-16-21(25(19)29)17-28-12-4-3-7-22(20)28/h8-9,14-15,20-22,25H,3-7,10-13,16-17H2,1-2H3,(H,27,30)/t20-,21-,22+,25-/m0/s1. The van der Waals surface area contributed by atoms with Crippen LogP contribution in [0.4, 0.5) is 4.79 Å². The van der Waals surface area contributed by atoms with Gasteiger partial charge in [0.25, 0.3) is 0 Å². The molecule has 174 valence electrons. The van der Waals surface area contributed by atoms with Crippen molar-refractivity contribution in [2.45, 2.75) is 57.0 Å². The number of ether oxygens (including phenoxy) is 2. The van der Waals surface area contributed by atoms with E-state index in [-0.39, 0.29) is 6.03 Å². The van der Waals surface area contributed by atoms with Crippen molar-refractivity contribution < 1.29 is 14.3 Å². The van der Waals surface area contributed by atoms with E-state index >= 15 is 0 Å². The van der Waals surface area contributed by atoms with Gasteiger partial charge < -0.3 is 19.7 Å². The fourth-order valence-corrected chi connectivity index (χ4v) is 6.65. The summed E-state index contributed by atoms with van der Waals surface area (Å²) in [6.45, 7) is 3.90. The molecule has 6 nitrogen and oxygen atoms in total. The first-order chi connectivity index (χ1) is 15.7. The number of nitrogens with one attached hydrogen (secondary N) is 1. The number of fused-ring (bicyclic) bond motifs is 6. The second-order valence-corrected chi connectivity index (χ2v) is 9.87. The van der Waals surface area contributed by atoms with Gasteiger partial charge in [-0.1, -0.05) is 24.1 Å². The molecule has 1 N–H and O–H groups in total. The first-order valence-electron chi connectivity index (χ1n) is 12.4. The minimum absolute atomic E-state index is 0.0975. The van der Waals surface area contributed by atoms with Crippen LogP contribution in [-0.4, -0.2) is 68.3 Å². The van der Waals surface area contributed by atoms with Gasteiger partial charge in [-0.2, -0.15) is 0 Å². The molecule has 3 aliphatic heterocycles. The van der Waals surface area contributed by atoms with E-state index in [9.17, 15) is 4.79 Å². The lowest BCUT2D eigenvalue weighted by Gasteiger charge is -2.54. The molecule has 0 radical (unpaired) electrons. The van der Waals surface area contributed by atoms with Crippen molar-refractivity contribution in [3.05, 3.63) is 35.4 Å². The molecule has 2 bridgehead atoms. The topological polar surface area (TPSA) is 54.0 Å². The molecule has 0 saturated carbocycles. The van der Waals surface area contributed by atoms with Crippen molar-refractivity contribution in [2.75, 3.05) is 40.4 Å². The Labute approximate surface area is 191 Å². The molecule has 4 atom stereocenters. The van der Waals surface area contributed by atoms with E-state index in [1.165, 1.54) is 50.8 Å². The number of rotatable bonds is 5. The lowest BCUT2D eigenvalue weighted by Crippen LogP contribution is -2.61. The molecule has 2 amide bonds. The summed E-state index contributed by atoms with van der Waals surface area (Å²) in [5, 5.41) is 3.20. The predicted octanol–water partition coefficient (Wildman–Crippen LogP) is 3.85. The van der Waals surface area contributed by atoms with E-state index in [1.54, 1.807) is 14.2 Å².